The summed E-state index contributed by atoms with van der Waals surface area (Å²) in [6.45, 7) is 0. The van der Waals surface area contributed by atoms with E-state index < -0.39 is 33.8 Å². The van der Waals surface area contributed by atoms with Gasteiger partial charge in [0.05, 0.1) is 0 Å². The van der Waals surface area contributed by atoms with Crippen LogP contribution >= 0.6 is 23.5 Å². The molecule has 1 fully saturated rings. The molecule has 1 aliphatic rings. The van der Waals surface area contributed by atoms with Crippen molar-refractivity contribution in [3.8, 4) is 0 Å². The Hall–Kier alpha value is 1.28. The second kappa shape index (κ2) is 11.3. The second-order valence-corrected chi connectivity index (χ2v) is 9.87. The predicted molar refractivity (Wildman–Crippen MR) is 75.8 cm³/mol. The van der Waals surface area contributed by atoms with Crippen LogP contribution in [-0.4, -0.2) is 43.5 Å². The Bertz CT molecular complexity index is 608. The number of rotatable bonds is 6. The summed E-state index contributed by atoms with van der Waals surface area (Å²) in [5.41, 5.74) is 0. The van der Waals surface area contributed by atoms with Gasteiger partial charge in [0.15, 0.2) is 10.3 Å². The smallest absolute Gasteiger partial charge is 0.735 e. The van der Waals surface area contributed by atoms with Gasteiger partial charge in [-0.25, -0.2) is 26.8 Å². The van der Waals surface area contributed by atoms with Gasteiger partial charge in [-0.05, 0) is 12.8 Å². The summed E-state index contributed by atoms with van der Waals surface area (Å²) in [5.74, 6) is 0. The summed E-state index contributed by atoms with van der Waals surface area (Å²) < 4.78 is 69.2. The fraction of sp³-hybridized carbons (Fsp3) is 1.00. The van der Waals surface area contributed by atoms with Crippen molar-refractivity contribution in [1.29, 1.82) is 0 Å². The SMILES string of the molecule is O=P(O)(O)OP(=O)(O)OP(=O)(O)O.O=S(=O)([O-])NC1CCCCC1.[Na+]. The first-order valence-corrected chi connectivity index (χ1v) is 12.1. The van der Waals surface area contributed by atoms with Crippen LogP contribution in [0.4, 0.5) is 0 Å². The van der Waals surface area contributed by atoms with Gasteiger partial charge in [-0.3, -0.25) is 0 Å². The fourth-order valence-electron chi connectivity index (χ4n) is 1.71. The molecular weight excluding hydrogens is 442 g/mol. The summed E-state index contributed by atoms with van der Waals surface area (Å²) >= 11 is 0. The van der Waals surface area contributed by atoms with Crippen molar-refractivity contribution in [3.63, 3.8) is 0 Å². The molecule has 0 aliphatic heterocycles. The van der Waals surface area contributed by atoms with Crippen LogP contribution in [0.5, 0.6) is 0 Å². The van der Waals surface area contributed by atoms with Gasteiger partial charge < -0.3 is 29.0 Å². The van der Waals surface area contributed by atoms with Crippen molar-refractivity contribution in [2.45, 2.75) is 38.1 Å². The maximum absolute atomic E-state index is 10.4. The molecule has 14 nitrogen and oxygen atoms in total. The van der Waals surface area contributed by atoms with E-state index in [2.05, 4.69) is 13.3 Å². The van der Waals surface area contributed by atoms with Crippen LogP contribution in [-0.2, 0) is 32.6 Å². The van der Waals surface area contributed by atoms with Crippen LogP contribution in [0.2, 0.25) is 0 Å². The number of phosphoric acid groups is 3. The first-order valence-electron chi connectivity index (χ1n) is 6.09. The van der Waals surface area contributed by atoms with Gasteiger partial charge in [0.25, 0.3) is 0 Å². The van der Waals surface area contributed by atoms with Gasteiger partial charge in [-0.1, -0.05) is 19.3 Å². The molecule has 1 aliphatic carbocycles. The van der Waals surface area contributed by atoms with E-state index in [4.69, 9.17) is 24.5 Å². The molecule has 6 N–H and O–H groups in total. The molecule has 0 atom stereocenters. The summed E-state index contributed by atoms with van der Waals surface area (Å²) in [6.07, 6.45) is 4.81. The van der Waals surface area contributed by atoms with Crippen molar-refractivity contribution in [1.82, 2.24) is 4.72 Å². The van der Waals surface area contributed by atoms with E-state index in [0.717, 1.165) is 32.1 Å². The Kier molecular flexibility index (Phi) is 12.9. The normalized spacial score (nSPS) is 17.2. The monoisotopic (exact) mass is 459 g/mol. The zero-order chi connectivity index (χ0) is 19.2. The minimum atomic E-state index is -5.46. The summed E-state index contributed by atoms with van der Waals surface area (Å²) in [4.78, 5) is 40.2. The molecule has 0 unspecified atom stereocenters. The van der Waals surface area contributed by atoms with Crippen LogP contribution in [0.3, 0.4) is 0 Å². The number of hydrogen-bond donors (Lipinski definition) is 6. The van der Waals surface area contributed by atoms with E-state index in [0.29, 0.717) is 0 Å². The quantitative estimate of drug-likeness (QED) is 0.130. The average molecular weight is 459 g/mol. The molecule has 0 spiro atoms. The van der Waals surface area contributed by atoms with E-state index >= 15 is 0 Å². The molecule has 1 saturated carbocycles. The molecule has 0 radical (unpaired) electrons. The Morgan fingerprint density at radius 3 is 1.52 bits per heavy atom. The van der Waals surface area contributed by atoms with Crippen LogP contribution in [0, 0.1) is 0 Å². The van der Waals surface area contributed by atoms with Gasteiger partial charge in [0.2, 0.25) is 0 Å². The molecule has 0 amide bonds. The summed E-state index contributed by atoms with van der Waals surface area (Å²) in [6, 6.07) is -0.105. The van der Waals surface area contributed by atoms with Gasteiger partial charge >= 0.3 is 53.0 Å². The first kappa shape index (κ1) is 28.5. The van der Waals surface area contributed by atoms with E-state index in [1.54, 1.807) is 0 Å². The van der Waals surface area contributed by atoms with Crippen molar-refractivity contribution in [2.24, 2.45) is 0 Å². The molecule has 146 valence electrons. The molecule has 0 heterocycles. The van der Waals surface area contributed by atoms with E-state index in [-0.39, 0.29) is 35.6 Å². The molecule has 0 saturated heterocycles. The second-order valence-electron chi connectivity index (χ2n) is 4.52. The standard InChI is InChI=1S/C6H13NO3S.Na.H5O10P3/c8-11(9,10)7-6-4-2-1-3-5-6;;1-11(2,3)9-13(7,8)10-12(4,5)6/h6-7H,1-5H2,(H,8,9,10);;(H,7,8)(H2,1,2,3)(H2,4,5,6)/q;+1;/p-1. The van der Waals surface area contributed by atoms with Crippen LogP contribution < -0.4 is 34.3 Å². The van der Waals surface area contributed by atoms with Gasteiger partial charge in [-0.15, -0.1) is 0 Å². The molecule has 0 aromatic carbocycles. The van der Waals surface area contributed by atoms with Crippen molar-refractivity contribution >= 4 is 33.8 Å². The molecule has 0 bridgehead atoms. The Morgan fingerprint density at radius 1 is 0.880 bits per heavy atom. The Balaban J connectivity index is 0. The van der Waals surface area contributed by atoms with E-state index in [1.165, 1.54) is 0 Å². The molecular formula is C6H17NNaO13P3S. The van der Waals surface area contributed by atoms with Crippen LogP contribution in [0.15, 0.2) is 0 Å². The molecule has 0 aromatic heterocycles. The van der Waals surface area contributed by atoms with E-state index in [1.807, 2.05) is 0 Å². The van der Waals surface area contributed by atoms with Crippen molar-refractivity contribution in [2.75, 3.05) is 0 Å². The summed E-state index contributed by atoms with van der Waals surface area (Å²) in [7, 11) is -20.4. The molecule has 0 aromatic rings. The molecule has 25 heavy (non-hydrogen) atoms. The van der Waals surface area contributed by atoms with E-state index in [9.17, 15) is 26.7 Å². The van der Waals surface area contributed by atoms with Crippen LogP contribution in [0.1, 0.15) is 32.1 Å². The first-order chi connectivity index (χ1) is 10.5. The average Bonchev–Trinajstić information content (AvgIpc) is 2.21. The maximum Gasteiger partial charge on any atom is 1.00 e. The predicted octanol–water partition coefficient (Wildman–Crippen LogP) is -3.32. The van der Waals surface area contributed by atoms with Crippen LogP contribution in [0.25, 0.3) is 0 Å². The third-order valence-electron chi connectivity index (χ3n) is 2.34. The largest absolute Gasteiger partial charge is 1.00 e. The van der Waals surface area contributed by atoms with Crippen molar-refractivity contribution in [3.05, 3.63) is 0 Å². The van der Waals surface area contributed by atoms with Crippen molar-refractivity contribution < 1.29 is 89.3 Å². The zero-order valence-corrected chi connectivity index (χ0v) is 18.4. The topological polar surface area (TPSA) is 240 Å². The molecule has 19 heteroatoms. The molecule has 1 rings (SSSR count). The third-order valence-corrected chi connectivity index (χ3v) is 6.31. The zero-order valence-electron chi connectivity index (χ0n) is 12.9. The third kappa shape index (κ3) is 19.8. The Morgan fingerprint density at radius 2 is 1.24 bits per heavy atom. The van der Waals surface area contributed by atoms with Gasteiger partial charge in [0, 0.05) is 6.04 Å². The number of nitrogens with one attached hydrogen (secondary N) is 1. The summed E-state index contributed by atoms with van der Waals surface area (Å²) in [5, 5.41) is 0. The van der Waals surface area contributed by atoms with Gasteiger partial charge in [-0.2, -0.15) is 8.62 Å². The maximum atomic E-state index is 10.4. The minimum absolute atomic E-state index is 0. The number of hydrogen-bond acceptors (Lipinski definition) is 8. The minimum Gasteiger partial charge on any atom is -0.735 e. The fourth-order valence-corrected chi connectivity index (χ4v) is 4.89. The Labute approximate surface area is 165 Å². The van der Waals surface area contributed by atoms with Gasteiger partial charge in [0.1, 0.15) is 0 Å².